The van der Waals surface area contributed by atoms with E-state index in [2.05, 4.69) is 18.0 Å². The molecule has 0 amide bonds. The molecule has 0 saturated carbocycles. The Bertz CT molecular complexity index is 541. The van der Waals surface area contributed by atoms with Crippen LogP contribution in [0.5, 0.6) is 0 Å². The molecule has 0 aliphatic heterocycles. The van der Waals surface area contributed by atoms with Crippen LogP contribution in [0, 0.1) is 25.2 Å². The molecule has 0 aliphatic rings. The first kappa shape index (κ1) is 18.1. The van der Waals surface area contributed by atoms with Crippen LogP contribution in [0.1, 0.15) is 36.6 Å². The van der Waals surface area contributed by atoms with Gasteiger partial charge in [0, 0.05) is 28.0 Å². The summed E-state index contributed by atoms with van der Waals surface area (Å²) in [5.74, 6) is 1.34. The Morgan fingerprint density at radius 1 is 1.52 bits per heavy atom. The molecular weight excluding hydrogens is 304 g/mol. The Balaban J connectivity index is 2.59. The Labute approximate surface area is 133 Å². The third-order valence-corrected chi connectivity index (χ3v) is 5.56. The van der Waals surface area contributed by atoms with Crippen LogP contribution in [0.2, 0.25) is 0 Å². The molecule has 6 heteroatoms. The van der Waals surface area contributed by atoms with E-state index in [1.54, 1.807) is 0 Å². The van der Waals surface area contributed by atoms with Gasteiger partial charge in [-0.3, -0.25) is 4.21 Å². The molecule has 0 fully saturated rings. The van der Waals surface area contributed by atoms with Gasteiger partial charge in [0.1, 0.15) is 11.1 Å². The SMILES string of the molecule is CCCCS(=O)CC(O)CSc1nc(C)cc(C)c1C#N. The summed E-state index contributed by atoms with van der Waals surface area (Å²) in [5, 5.41) is 19.8. The van der Waals surface area contributed by atoms with E-state index in [-0.39, 0.29) is 0 Å². The van der Waals surface area contributed by atoms with Crippen LogP contribution >= 0.6 is 11.8 Å². The number of aliphatic hydroxyl groups excluding tert-OH is 1. The van der Waals surface area contributed by atoms with Crippen LogP contribution in [0.4, 0.5) is 0 Å². The normalized spacial score (nSPS) is 13.7. The van der Waals surface area contributed by atoms with Crippen LogP contribution in [-0.4, -0.2) is 37.7 Å². The summed E-state index contributed by atoms with van der Waals surface area (Å²) in [6.45, 7) is 5.82. The van der Waals surface area contributed by atoms with E-state index in [9.17, 15) is 14.6 Å². The number of nitrogens with zero attached hydrogens (tertiary/aromatic N) is 2. The number of unbranched alkanes of at least 4 members (excludes halogenated alkanes) is 1. The topological polar surface area (TPSA) is 74.0 Å². The summed E-state index contributed by atoms with van der Waals surface area (Å²) in [7, 11) is -0.973. The van der Waals surface area contributed by atoms with E-state index < -0.39 is 16.9 Å². The van der Waals surface area contributed by atoms with Crippen molar-refractivity contribution >= 4 is 22.6 Å². The average Bonchev–Trinajstić information content (AvgIpc) is 2.42. The standard InChI is InChI=1S/C15H22N2O2S2/c1-4-5-6-21(19)10-13(18)9-20-15-14(8-16)11(2)7-12(3)17-15/h7,13,18H,4-6,9-10H2,1-3H3. The molecule has 1 N–H and O–H groups in total. The first-order valence-electron chi connectivity index (χ1n) is 7.02. The molecule has 21 heavy (non-hydrogen) atoms. The van der Waals surface area contributed by atoms with Crippen LogP contribution in [0.3, 0.4) is 0 Å². The van der Waals surface area contributed by atoms with Crippen molar-refractivity contribution in [2.45, 2.75) is 44.7 Å². The number of hydrogen-bond acceptors (Lipinski definition) is 5. The van der Waals surface area contributed by atoms with Gasteiger partial charge in [-0.1, -0.05) is 13.3 Å². The summed E-state index contributed by atoms with van der Waals surface area (Å²) in [4.78, 5) is 4.36. The second kappa shape index (κ2) is 9.19. The highest BCUT2D eigenvalue weighted by atomic mass is 32.2. The van der Waals surface area contributed by atoms with Crippen molar-refractivity contribution in [3.8, 4) is 6.07 Å². The molecule has 116 valence electrons. The second-order valence-corrected chi connectivity index (χ2v) is 7.63. The minimum absolute atomic E-state index is 0.291. The highest BCUT2D eigenvalue weighted by molar-refractivity contribution is 7.99. The lowest BCUT2D eigenvalue weighted by Crippen LogP contribution is -2.21. The molecule has 1 aromatic heterocycles. The van der Waals surface area contributed by atoms with E-state index in [0.29, 0.717) is 27.8 Å². The summed E-state index contributed by atoms with van der Waals surface area (Å²) in [5.41, 5.74) is 2.31. The highest BCUT2D eigenvalue weighted by Gasteiger charge is 2.14. The third kappa shape index (κ3) is 6.16. The summed E-state index contributed by atoms with van der Waals surface area (Å²) in [6.07, 6.45) is 1.29. The van der Waals surface area contributed by atoms with E-state index in [0.717, 1.165) is 24.1 Å². The van der Waals surface area contributed by atoms with E-state index >= 15 is 0 Å². The zero-order chi connectivity index (χ0) is 15.8. The largest absolute Gasteiger partial charge is 0.391 e. The number of pyridine rings is 1. The van der Waals surface area contributed by atoms with Gasteiger partial charge in [0.05, 0.1) is 17.4 Å². The van der Waals surface area contributed by atoms with Crippen molar-refractivity contribution in [3.63, 3.8) is 0 Å². The molecule has 0 aliphatic carbocycles. The van der Waals surface area contributed by atoms with Gasteiger partial charge in [-0.15, -0.1) is 11.8 Å². The van der Waals surface area contributed by atoms with Crippen molar-refractivity contribution in [1.82, 2.24) is 4.98 Å². The third-order valence-electron chi connectivity index (χ3n) is 2.94. The Morgan fingerprint density at radius 3 is 2.86 bits per heavy atom. The molecule has 1 heterocycles. The molecule has 1 aromatic rings. The van der Waals surface area contributed by atoms with Crippen molar-refractivity contribution in [3.05, 3.63) is 22.9 Å². The summed E-state index contributed by atoms with van der Waals surface area (Å²) >= 11 is 1.36. The van der Waals surface area contributed by atoms with Crippen molar-refractivity contribution < 1.29 is 9.32 Å². The van der Waals surface area contributed by atoms with Crippen LogP contribution in [0.25, 0.3) is 0 Å². The molecule has 2 unspecified atom stereocenters. The summed E-state index contributed by atoms with van der Waals surface area (Å²) in [6, 6.07) is 4.03. The quantitative estimate of drug-likeness (QED) is 0.743. The smallest absolute Gasteiger partial charge is 0.114 e. The number of thioether (sulfide) groups is 1. The van der Waals surface area contributed by atoms with Crippen molar-refractivity contribution in [2.24, 2.45) is 0 Å². The number of aliphatic hydroxyl groups is 1. The fourth-order valence-corrected chi connectivity index (χ4v) is 4.37. The number of rotatable bonds is 8. The van der Waals surface area contributed by atoms with Gasteiger partial charge in [0.25, 0.3) is 0 Å². The fraction of sp³-hybridized carbons (Fsp3) is 0.600. The van der Waals surface area contributed by atoms with Crippen LogP contribution in [-0.2, 0) is 10.8 Å². The maximum Gasteiger partial charge on any atom is 0.114 e. The monoisotopic (exact) mass is 326 g/mol. The number of hydrogen-bond donors (Lipinski definition) is 1. The molecule has 0 aromatic carbocycles. The van der Waals surface area contributed by atoms with Gasteiger partial charge in [0.2, 0.25) is 0 Å². The first-order chi connectivity index (χ1) is 9.97. The van der Waals surface area contributed by atoms with E-state index in [1.807, 2.05) is 19.9 Å². The van der Waals surface area contributed by atoms with Gasteiger partial charge >= 0.3 is 0 Å². The zero-order valence-electron chi connectivity index (χ0n) is 12.8. The second-order valence-electron chi connectivity index (χ2n) is 5.00. The maximum atomic E-state index is 11.7. The molecular formula is C15H22N2O2S2. The van der Waals surface area contributed by atoms with Crippen LogP contribution < -0.4 is 0 Å². The van der Waals surface area contributed by atoms with E-state index in [1.165, 1.54) is 11.8 Å². The maximum absolute atomic E-state index is 11.7. The molecule has 0 saturated heterocycles. The summed E-state index contributed by atoms with van der Waals surface area (Å²) < 4.78 is 11.7. The predicted octanol–water partition coefficient (Wildman–Crippen LogP) is 2.57. The minimum Gasteiger partial charge on any atom is -0.391 e. The van der Waals surface area contributed by atoms with Crippen molar-refractivity contribution in [1.29, 1.82) is 5.26 Å². The number of aryl methyl sites for hydroxylation is 2. The first-order valence-corrected chi connectivity index (χ1v) is 9.49. The van der Waals surface area contributed by atoms with E-state index in [4.69, 9.17) is 0 Å². The molecule has 4 nitrogen and oxygen atoms in total. The zero-order valence-corrected chi connectivity index (χ0v) is 14.4. The lowest BCUT2D eigenvalue weighted by atomic mass is 10.1. The predicted molar refractivity (Wildman–Crippen MR) is 87.9 cm³/mol. The molecule has 0 spiro atoms. The molecule has 0 radical (unpaired) electrons. The van der Waals surface area contributed by atoms with Gasteiger partial charge in [-0.25, -0.2) is 4.98 Å². The lowest BCUT2D eigenvalue weighted by molar-refractivity contribution is 0.224. The van der Waals surface area contributed by atoms with Gasteiger partial charge in [0.15, 0.2) is 0 Å². The van der Waals surface area contributed by atoms with Gasteiger partial charge < -0.3 is 5.11 Å². The average molecular weight is 326 g/mol. The molecule has 1 rings (SSSR count). The minimum atomic E-state index is -0.973. The van der Waals surface area contributed by atoms with Crippen LogP contribution in [0.15, 0.2) is 11.1 Å². The Morgan fingerprint density at radius 2 is 2.24 bits per heavy atom. The number of nitriles is 1. The lowest BCUT2D eigenvalue weighted by Gasteiger charge is -2.11. The Kier molecular flexibility index (Phi) is 7.94. The number of aromatic nitrogens is 1. The van der Waals surface area contributed by atoms with Crippen molar-refractivity contribution in [2.75, 3.05) is 17.3 Å². The fourth-order valence-electron chi connectivity index (χ4n) is 1.87. The molecule has 0 bridgehead atoms. The molecule has 2 atom stereocenters. The van der Waals surface area contributed by atoms with Gasteiger partial charge in [-0.2, -0.15) is 5.26 Å². The highest BCUT2D eigenvalue weighted by Crippen LogP contribution is 2.24. The van der Waals surface area contributed by atoms with Gasteiger partial charge in [-0.05, 0) is 31.9 Å². The Hall–Kier alpha value is -0.900.